The molecule has 1 aliphatic rings. The van der Waals surface area contributed by atoms with Gasteiger partial charge in [0.2, 0.25) is 0 Å². The molecule has 4 nitrogen and oxygen atoms in total. The molecule has 0 aromatic carbocycles. The number of hydrogen-bond acceptors (Lipinski definition) is 3. The summed E-state index contributed by atoms with van der Waals surface area (Å²) in [4.78, 5) is 0. The van der Waals surface area contributed by atoms with Crippen LogP contribution in [0, 0.1) is 0 Å². The van der Waals surface area contributed by atoms with Gasteiger partial charge >= 0.3 is 0 Å². The number of ether oxygens (including phenoxy) is 2. The zero-order valence-corrected chi connectivity index (χ0v) is 7.93. The smallest absolute Gasteiger partial charge is 0.163 e. The van der Waals surface area contributed by atoms with Gasteiger partial charge in [0.05, 0.1) is 13.2 Å². The van der Waals surface area contributed by atoms with Gasteiger partial charge in [-0.15, -0.1) is 0 Å². The molecular weight excluding hydrogens is 168 g/mol. The van der Waals surface area contributed by atoms with E-state index in [4.69, 9.17) is 9.47 Å². The maximum atomic E-state index is 5.64. The Balaban J connectivity index is 1.91. The van der Waals surface area contributed by atoms with Gasteiger partial charge in [-0.2, -0.15) is 5.10 Å². The zero-order valence-electron chi connectivity index (χ0n) is 7.93. The van der Waals surface area contributed by atoms with Crippen molar-refractivity contribution in [2.75, 3.05) is 6.61 Å². The lowest BCUT2D eigenvalue weighted by Gasteiger charge is -2.16. The summed E-state index contributed by atoms with van der Waals surface area (Å²) in [5.41, 5.74) is 0. The molecule has 13 heavy (non-hydrogen) atoms. The van der Waals surface area contributed by atoms with Gasteiger partial charge in [-0.1, -0.05) is 0 Å². The highest BCUT2D eigenvalue weighted by Gasteiger charge is 2.32. The molecule has 0 N–H and O–H groups in total. The van der Waals surface area contributed by atoms with Crippen LogP contribution in [0.4, 0.5) is 0 Å². The van der Waals surface area contributed by atoms with Crippen molar-refractivity contribution in [1.82, 2.24) is 9.78 Å². The van der Waals surface area contributed by atoms with E-state index in [0.717, 1.165) is 6.54 Å². The molecule has 0 unspecified atom stereocenters. The normalized spacial score (nSPS) is 26.5. The van der Waals surface area contributed by atoms with Crippen molar-refractivity contribution in [1.29, 1.82) is 0 Å². The third-order valence-electron chi connectivity index (χ3n) is 2.02. The van der Waals surface area contributed by atoms with Crippen LogP contribution in [0.5, 0.6) is 0 Å². The van der Waals surface area contributed by atoms with E-state index in [1.165, 1.54) is 0 Å². The van der Waals surface area contributed by atoms with Crippen LogP contribution in [-0.4, -0.2) is 28.3 Å². The molecule has 1 aliphatic heterocycles. The van der Waals surface area contributed by atoms with Gasteiger partial charge in [0.25, 0.3) is 0 Å². The monoisotopic (exact) mass is 182 g/mol. The molecule has 1 aromatic heterocycles. The summed E-state index contributed by atoms with van der Waals surface area (Å²) in [5, 5.41) is 4.11. The molecule has 0 aliphatic carbocycles. The van der Waals surface area contributed by atoms with Crippen molar-refractivity contribution in [2.45, 2.75) is 32.3 Å². The minimum Gasteiger partial charge on any atom is -0.348 e. The molecule has 1 aromatic rings. The Bertz CT molecular complexity index is 269. The quantitative estimate of drug-likeness (QED) is 0.685. The summed E-state index contributed by atoms with van der Waals surface area (Å²) in [5.74, 6) is -0.433. The predicted octanol–water partition coefficient (Wildman–Crippen LogP) is 1.03. The third-order valence-corrected chi connectivity index (χ3v) is 2.02. The summed E-state index contributed by atoms with van der Waals surface area (Å²) in [6.07, 6.45) is 3.81. The Labute approximate surface area is 77.4 Å². The van der Waals surface area contributed by atoms with Crippen molar-refractivity contribution in [3.05, 3.63) is 18.5 Å². The van der Waals surface area contributed by atoms with E-state index in [1.807, 2.05) is 30.8 Å². The van der Waals surface area contributed by atoms with Crippen molar-refractivity contribution < 1.29 is 9.47 Å². The fourth-order valence-corrected chi connectivity index (χ4v) is 1.47. The second-order valence-electron chi connectivity index (χ2n) is 3.68. The first kappa shape index (κ1) is 8.72. The summed E-state index contributed by atoms with van der Waals surface area (Å²) < 4.78 is 12.9. The standard InChI is InChI=1S/C9H14N2O2/c1-9(2)12-7-8(13-9)6-11-5-3-4-10-11/h3-5,8H,6-7H2,1-2H3/t8-/m0/s1. The zero-order chi connectivity index (χ0) is 9.31. The molecule has 2 rings (SSSR count). The highest BCUT2D eigenvalue weighted by molar-refractivity contribution is 4.80. The first-order chi connectivity index (χ1) is 6.16. The Morgan fingerprint density at radius 3 is 3.00 bits per heavy atom. The number of nitrogens with zero attached hydrogens (tertiary/aromatic N) is 2. The molecule has 2 heterocycles. The van der Waals surface area contributed by atoms with Crippen LogP contribution >= 0.6 is 0 Å². The molecule has 0 spiro atoms. The van der Waals surface area contributed by atoms with E-state index < -0.39 is 5.79 Å². The highest BCUT2D eigenvalue weighted by Crippen LogP contribution is 2.22. The lowest BCUT2D eigenvalue weighted by atomic mass is 10.4. The molecule has 0 amide bonds. The number of hydrogen-bond donors (Lipinski definition) is 0. The Kier molecular flexibility index (Phi) is 2.09. The van der Waals surface area contributed by atoms with Crippen molar-refractivity contribution in [3.8, 4) is 0 Å². The van der Waals surface area contributed by atoms with Gasteiger partial charge in [-0.25, -0.2) is 0 Å². The van der Waals surface area contributed by atoms with Crippen molar-refractivity contribution >= 4 is 0 Å². The second kappa shape index (κ2) is 3.12. The maximum absolute atomic E-state index is 5.64. The van der Waals surface area contributed by atoms with E-state index in [9.17, 15) is 0 Å². The molecule has 0 bridgehead atoms. The molecule has 1 saturated heterocycles. The van der Waals surface area contributed by atoms with Crippen LogP contribution in [-0.2, 0) is 16.0 Å². The van der Waals surface area contributed by atoms with E-state index in [0.29, 0.717) is 6.61 Å². The van der Waals surface area contributed by atoms with Gasteiger partial charge in [-0.05, 0) is 19.9 Å². The predicted molar refractivity (Wildman–Crippen MR) is 47.1 cm³/mol. The summed E-state index contributed by atoms with van der Waals surface area (Å²) in [6.45, 7) is 5.26. The van der Waals surface area contributed by atoms with Crippen LogP contribution in [0.25, 0.3) is 0 Å². The Morgan fingerprint density at radius 1 is 1.62 bits per heavy atom. The van der Waals surface area contributed by atoms with Gasteiger partial charge in [-0.3, -0.25) is 4.68 Å². The minimum atomic E-state index is -0.433. The molecule has 1 fully saturated rings. The molecule has 1 atom stereocenters. The van der Waals surface area contributed by atoms with Gasteiger partial charge in [0, 0.05) is 12.4 Å². The average Bonchev–Trinajstić information content (AvgIpc) is 2.61. The van der Waals surface area contributed by atoms with Crippen LogP contribution in [0.1, 0.15) is 13.8 Å². The molecular formula is C9H14N2O2. The van der Waals surface area contributed by atoms with Gasteiger partial charge in [0.15, 0.2) is 5.79 Å². The third kappa shape index (κ3) is 2.08. The highest BCUT2D eigenvalue weighted by atomic mass is 16.7. The fraction of sp³-hybridized carbons (Fsp3) is 0.667. The lowest BCUT2D eigenvalue weighted by Crippen LogP contribution is -2.24. The number of aromatic nitrogens is 2. The SMILES string of the molecule is CC1(C)OC[C@H](Cn2cccn2)O1. The molecule has 4 heteroatoms. The molecule has 0 radical (unpaired) electrons. The topological polar surface area (TPSA) is 36.3 Å². The Morgan fingerprint density at radius 2 is 2.46 bits per heavy atom. The van der Waals surface area contributed by atoms with E-state index in [1.54, 1.807) is 6.20 Å². The van der Waals surface area contributed by atoms with Gasteiger partial charge in [0.1, 0.15) is 6.10 Å². The lowest BCUT2D eigenvalue weighted by molar-refractivity contribution is -0.139. The van der Waals surface area contributed by atoms with Crippen LogP contribution in [0.2, 0.25) is 0 Å². The van der Waals surface area contributed by atoms with E-state index >= 15 is 0 Å². The second-order valence-corrected chi connectivity index (χ2v) is 3.68. The van der Waals surface area contributed by atoms with E-state index in [2.05, 4.69) is 5.10 Å². The first-order valence-corrected chi connectivity index (χ1v) is 4.45. The summed E-state index contributed by atoms with van der Waals surface area (Å²) >= 11 is 0. The number of rotatable bonds is 2. The molecule has 72 valence electrons. The van der Waals surface area contributed by atoms with Crippen molar-refractivity contribution in [2.24, 2.45) is 0 Å². The maximum Gasteiger partial charge on any atom is 0.163 e. The van der Waals surface area contributed by atoms with Gasteiger partial charge < -0.3 is 9.47 Å². The summed E-state index contributed by atoms with van der Waals surface area (Å²) in [7, 11) is 0. The van der Waals surface area contributed by atoms with E-state index in [-0.39, 0.29) is 6.10 Å². The average molecular weight is 182 g/mol. The van der Waals surface area contributed by atoms with Crippen molar-refractivity contribution in [3.63, 3.8) is 0 Å². The minimum absolute atomic E-state index is 0.120. The largest absolute Gasteiger partial charge is 0.348 e. The Hall–Kier alpha value is -0.870. The van der Waals surface area contributed by atoms with Crippen LogP contribution < -0.4 is 0 Å². The van der Waals surface area contributed by atoms with Crippen LogP contribution in [0.15, 0.2) is 18.5 Å². The molecule has 0 saturated carbocycles. The summed E-state index contributed by atoms with van der Waals surface area (Å²) in [6, 6.07) is 1.90. The fourth-order valence-electron chi connectivity index (χ4n) is 1.47. The first-order valence-electron chi connectivity index (χ1n) is 4.45. The van der Waals surface area contributed by atoms with Crippen LogP contribution in [0.3, 0.4) is 0 Å².